The first-order valence-electron chi connectivity index (χ1n) is 3.50. The molecule has 0 aliphatic heterocycles. The second-order valence-electron chi connectivity index (χ2n) is 2.50. The molecule has 0 bridgehead atoms. The van der Waals surface area contributed by atoms with E-state index in [1.165, 1.54) is 0 Å². The first kappa shape index (κ1) is 7.37. The van der Waals surface area contributed by atoms with Gasteiger partial charge in [0.2, 0.25) is 0 Å². The summed E-state index contributed by atoms with van der Waals surface area (Å²) < 4.78 is 0. The molecule has 1 heterocycles. The zero-order valence-electron chi connectivity index (χ0n) is 6.16. The molecule has 0 unspecified atom stereocenters. The highest BCUT2D eigenvalue weighted by Crippen LogP contribution is 2.24. The molecule has 0 saturated carbocycles. The summed E-state index contributed by atoms with van der Waals surface area (Å²) in [4.78, 5) is 4.05. The molecule has 2 rings (SSSR count). The highest BCUT2D eigenvalue weighted by atomic mass is 35.5. The number of nitrogens with zero attached hydrogens (tertiary/aromatic N) is 1. The van der Waals surface area contributed by atoms with E-state index in [0.717, 1.165) is 5.52 Å². The molecule has 0 radical (unpaired) electrons. The van der Waals surface area contributed by atoms with Gasteiger partial charge in [-0.25, -0.2) is 0 Å². The Morgan fingerprint density at radius 1 is 1.33 bits per heavy atom. The summed E-state index contributed by atoms with van der Waals surface area (Å²) in [5.41, 5.74) is 0.749. The quantitative estimate of drug-likeness (QED) is 0.675. The van der Waals surface area contributed by atoms with Crippen LogP contribution in [0.5, 0.6) is 5.75 Å². The third-order valence-electron chi connectivity index (χ3n) is 1.67. The van der Waals surface area contributed by atoms with Crippen LogP contribution in [0, 0.1) is 0 Å². The molecule has 0 saturated heterocycles. The number of halogens is 1. The molecule has 1 N–H and O–H groups in total. The van der Waals surface area contributed by atoms with Gasteiger partial charge in [-0.05, 0) is 18.2 Å². The minimum Gasteiger partial charge on any atom is -0.507 e. The highest BCUT2D eigenvalue weighted by Gasteiger charge is 1.99. The van der Waals surface area contributed by atoms with E-state index < -0.39 is 0 Å². The molecule has 0 spiro atoms. The Balaban J connectivity index is 2.88. The van der Waals surface area contributed by atoms with Gasteiger partial charge < -0.3 is 5.11 Å². The van der Waals surface area contributed by atoms with Gasteiger partial charge in [0.1, 0.15) is 5.75 Å². The Kier molecular flexibility index (Phi) is 1.62. The molecular formula is C9H6ClNO. The maximum Gasteiger partial charge on any atom is 0.125 e. The van der Waals surface area contributed by atoms with Crippen molar-refractivity contribution in [2.45, 2.75) is 0 Å². The number of benzene rings is 1. The molecule has 0 amide bonds. The van der Waals surface area contributed by atoms with E-state index in [1.54, 1.807) is 24.4 Å². The first-order valence-corrected chi connectivity index (χ1v) is 3.88. The van der Waals surface area contributed by atoms with Crippen molar-refractivity contribution in [1.29, 1.82) is 0 Å². The summed E-state index contributed by atoms with van der Waals surface area (Å²) in [5, 5.41) is 10.6. The third kappa shape index (κ3) is 1.10. The van der Waals surface area contributed by atoms with Gasteiger partial charge in [0.05, 0.1) is 10.5 Å². The lowest BCUT2D eigenvalue weighted by molar-refractivity contribution is 0.481. The van der Waals surface area contributed by atoms with E-state index >= 15 is 0 Å². The number of rotatable bonds is 0. The van der Waals surface area contributed by atoms with E-state index in [1.807, 2.05) is 6.07 Å². The van der Waals surface area contributed by atoms with Crippen molar-refractivity contribution in [2.24, 2.45) is 0 Å². The molecular weight excluding hydrogens is 174 g/mol. The number of fused-ring (bicyclic) bond motifs is 1. The van der Waals surface area contributed by atoms with Crippen molar-refractivity contribution in [2.75, 3.05) is 0 Å². The number of phenolic OH excluding ortho intramolecular Hbond substituents is 1. The molecule has 2 nitrogen and oxygen atoms in total. The fourth-order valence-electron chi connectivity index (χ4n) is 1.11. The van der Waals surface area contributed by atoms with Crippen molar-refractivity contribution in [3.8, 4) is 5.75 Å². The van der Waals surface area contributed by atoms with Gasteiger partial charge >= 0.3 is 0 Å². The monoisotopic (exact) mass is 179 g/mol. The molecule has 0 atom stereocenters. The van der Waals surface area contributed by atoms with Gasteiger partial charge in [0.25, 0.3) is 0 Å². The molecule has 0 aliphatic carbocycles. The average Bonchev–Trinajstić information content (AvgIpc) is 2.07. The second-order valence-corrected chi connectivity index (χ2v) is 2.93. The highest BCUT2D eigenvalue weighted by molar-refractivity contribution is 6.31. The standard InChI is InChI=1S/C9H6ClNO/c10-6-4-7-8(11-5-6)2-1-3-9(7)12/h1-5,12H. The van der Waals surface area contributed by atoms with Crippen LogP contribution < -0.4 is 0 Å². The molecule has 0 aliphatic rings. The van der Waals surface area contributed by atoms with Crippen LogP contribution in [0.25, 0.3) is 10.9 Å². The van der Waals surface area contributed by atoms with E-state index in [4.69, 9.17) is 11.6 Å². The third-order valence-corrected chi connectivity index (χ3v) is 1.88. The second kappa shape index (κ2) is 2.64. The number of aromatic nitrogens is 1. The summed E-state index contributed by atoms with van der Waals surface area (Å²) in [6, 6.07) is 6.88. The maximum atomic E-state index is 9.40. The van der Waals surface area contributed by atoms with Crippen LogP contribution in [0.15, 0.2) is 30.5 Å². The van der Waals surface area contributed by atoms with Crippen LogP contribution in [0.1, 0.15) is 0 Å². The molecule has 1 aromatic carbocycles. The molecule has 60 valence electrons. The van der Waals surface area contributed by atoms with E-state index in [2.05, 4.69) is 4.98 Å². The molecule has 2 aromatic rings. The Labute approximate surface area is 74.4 Å². The fraction of sp³-hybridized carbons (Fsp3) is 0. The Morgan fingerprint density at radius 2 is 2.17 bits per heavy atom. The van der Waals surface area contributed by atoms with Gasteiger partial charge in [-0.3, -0.25) is 4.98 Å². The van der Waals surface area contributed by atoms with Crippen molar-refractivity contribution in [3.63, 3.8) is 0 Å². The topological polar surface area (TPSA) is 33.1 Å². The molecule has 0 fully saturated rings. The number of hydrogen-bond donors (Lipinski definition) is 1. The zero-order chi connectivity index (χ0) is 8.55. The SMILES string of the molecule is Oc1cccc2ncc(Cl)cc12. The predicted molar refractivity (Wildman–Crippen MR) is 48.4 cm³/mol. The van der Waals surface area contributed by atoms with Gasteiger partial charge in [-0.2, -0.15) is 0 Å². The molecule has 1 aromatic heterocycles. The fourth-order valence-corrected chi connectivity index (χ4v) is 1.27. The van der Waals surface area contributed by atoms with Crippen molar-refractivity contribution >= 4 is 22.5 Å². The summed E-state index contributed by atoms with van der Waals surface area (Å²) in [7, 11) is 0. The number of pyridine rings is 1. The average molecular weight is 180 g/mol. The maximum absolute atomic E-state index is 9.40. The van der Waals surface area contributed by atoms with Gasteiger partial charge in [-0.15, -0.1) is 0 Å². The summed E-state index contributed by atoms with van der Waals surface area (Å²) in [5.74, 6) is 0.211. The van der Waals surface area contributed by atoms with Gasteiger partial charge in [-0.1, -0.05) is 17.7 Å². The minimum absolute atomic E-state index is 0.211. The zero-order valence-corrected chi connectivity index (χ0v) is 6.92. The van der Waals surface area contributed by atoms with Crippen LogP contribution in [-0.4, -0.2) is 10.1 Å². The number of phenols is 1. The van der Waals surface area contributed by atoms with Crippen molar-refractivity contribution < 1.29 is 5.11 Å². The first-order chi connectivity index (χ1) is 5.77. The van der Waals surface area contributed by atoms with Crippen molar-refractivity contribution in [1.82, 2.24) is 4.98 Å². The number of hydrogen-bond acceptors (Lipinski definition) is 2. The lowest BCUT2D eigenvalue weighted by atomic mass is 10.2. The van der Waals surface area contributed by atoms with Crippen LogP contribution in [0.2, 0.25) is 5.02 Å². The Morgan fingerprint density at radius 3 is 3.00 bits per heavy atom. The van der Waals surface area contributed by atoms with Crippen molar-refractivity contribution in [3.05, 3.63) is 35.5 Å². The normalized spacial score (nSPS) is 10.4. The largest absolute Gasteiger partial charge is 0.507 e. The van der Waals surface area contributed by atoms with Crippen LogP contribution in [0.4, 0.5) is 0 Å². The predicted octanol–water partition coefficient (Wildman–Crippen LogP) is 2.59. The van der Waals surface area contributed by atoms with Crippen LogP contribution >= 0.6 is 11.6 Å². The smallest absolute Gasteiger partial charge is 0.125 e. The summed E-state index contributed by atoms with van der Waals surface area (Å²) >= 11 is 5.72. The lowest BCUT2D eigenvalue weighted by Gasteiger charge is -1.98. The number of aromatic hydroxyl groups is 1. The Bertz CT molecular complexity index is 428. The van der Waals surface area contributed by atoms with E-state index in [-0.39, 0.29) is 5.75 Å². The minimum atomic E-state index is 0.211. The summed E-state index contributed by atoms with van der Waals surface area (Å²) in [6.07, 6.45) is 1.56. The van der Waals surface area contributed by atoms with Crippen LogP contribution in [-0.2, 0) is 0 Å². The Hall–Kier alpha value is -1.28. The lowest BCUT2D eigenvalue weighted by Crippen LogP contribution is -1.78. The molecule has 3 heteroatoms. The van der Waals surface area contributed by atoms with Gasteiger partial charge in [0.15, 0.2) is 0 Å². The molecule has 12 heavy (non-hydrogen) atoms. The van der Waals surface area contributed by atoms with E-state index in [9.17, 15) is 5.11 Å². The van der Waals surface area contributed by atoms with Crippen LogP contribution in [0.3, 0.4) is 0 Å². The van der Waals surface area contributed by atoms with E-state index in [0.29, 0.717) is 10.4 Å². The summed E-state index contributed by atoms with van der Waals surface area (Å²) in [6.45, 7) is 0. The van der Waals surface area contributed by atoms with Gasteiger partial charge in [0, 0.05) is 11.6 Å².